The van der Waals surface area contributed by atoms with E-state index in [0.29, 0.717) is 36.0 Å². The Bertz CT molecular complexity index is 705. The van der Waals surface area contributed by atoms with Crippen LogP contribution in [0.2, 0.25) is 10.0 Å². The molecule has 0 radical (unpaired) electrons. The van der Waals surface area contributed by atoms with Crippen molar-refractivity contribution in [2.24, 2.45) is 0 Å². The number of hydrogen-bond donors (Lipinski definition) is 2. The summed E-state index contributed by atoms with van der Waals surface area (Å²) in [6, 6.07) is 14.9. The molecule has 2 N–H and O–H groups in total. The first-order valence-electron chi connectivity index (χ1n) is 7.60. The molecule has 0 aliphatic heterocycles. The third kappa shape index (κ3) is 5.87. The van der Waals surface area contributed by atoms with E-state index in [4.69, 9.17) is 23.2 Å². The van der Waals surface area contributed by atoms with Gasteiger partial charge in [0.05, 0.1) is 0 Å². The van der Waals surface area contributed by atoms with E-state index < -0.39 is 11.8 Å². The van der Waals surface area contributed by atoms with Gasteiger partial charge in [-0.1, -0.05) is 59.6 Å². The highest BCUT2D eigenvalue weighted by atomic mass is 35.5. The van der Waals surface area contributed by atoms with Crippen LogP contribution in [0, 0.1) is 0 Å². The van der Waals surface area contributed by atoms with E-state index in [2.05, 4.69) is 10.6 Å². The Kier molecular flexibility index (Phi) is 7.09. The molecule has 2 amide bonds. The van der Waals surface area contributed by atoms with Crippen molar-refractivity contribution in [2.45, 2.75) is 12.8 Å². The smallest absolute Gasteiger partial charge is 0.309 e. The van der Waals surface area contributed by atoms with Crippen molar-refractivity contribution in [2.75, 3.05) is 13.1 Å². The van der Waals surface area contributed by atoms with Gasteiger partial charge in [-0.3, -0.25) is 9.59 Å². The lowest BCUT2D eigenvalue weighted by Gasteiger charge is -2.08. The normalized spacial score (nSPS) is 10.2. The molecule has 0 bridgehead atoms. The molecule has 126 valence electrons. The number of rotatable bonds is 6. The topological polar surface area (TPSA) is 58.2 Å². The minimum absolute atomic E-state index is 0.326. The first-order chi connectivity index (χ1) is 11.6. The van der Waals surface area contributed by atoms with Gasteiger partial charge in [-0.2, -0.15) is 0 Å². The van der Waals surface area contributed by atoms with Crippen LogP contribution in [-0.2, 0) is 22.4 Å². The monoisotopic (exact) mass is 364 g/mol. The summed E-state index contributed by atoms with van der Waals surface area (Å²) >= 11 is 11.9. The molecule has 2 rings (SSSR count). The zero-order chi connectivity index (χ0) is 17.4. The number of halogens is 2. The fourth-order valence-corrected chi connectivity index (χ4v) is 2.66. The summed E-state index contributed by atoms with van der Waals surface area (Å²) in [5.41, 5.74) is 1.97. The summed E-state index contributed by atoms with van der Waals surface area (Å²) < 4.78 is 0. The summed E-state index contributed by atoms with van der Waals surface area (Å²) in [6.07, 6.45) is 1.21. The summed E-state index contributed by atoms with van der Waals surface area (Å²) in [7, 11) is 0. The molecule has 2 aromatic carbocycles. The predicted octanol–water partition coefficient (Wildman–Crippen LogP) is 3.01. The van der Waals surface area contributed by atoms with E-state index in [0.717, 1.165) is 11.1 Å². The lowest BCUT2D eigenvalue weighted by molar-refractivity contribution is -0.139. The lowest BCUT2D eigenvalue weighted by Crippen LogP contribution is -2.41. The van der Waals surface area contributed by atoms with E-state index in [9.17, 15) is 9.59 Å². The number of benzene rings is 2. The van der Waals surface area contributed by atoms with E-state index in [1.54, 1.807) is 18.2 Å². The van der Waals surface area contributed by atoms with Crippen molar-refractivity contribution in [3.8, 4) is 0 Å². The number of carbonyl (C=O) groups excluding carboxylic acids is 2. The maximum absolute atomic E-state index is 11.7. The second-order valence-electron chi connectivity index (χ2n) is 5.23. The standard InChI is InChI=1S/C18H18Cl2N2O2/c19-15-7-6-14(16(20)12-15)9-11-22-18(24)17(23)21-10-8-13-4-2-1-3-5-13/h1-7,12H,8-11H2,(H,21,23)(H,22,24). The van der Waals surface area contributed by atoms with Gasteiger partial charge in [0.2, 0.25) is 0 Å². The van der Waals surface area contributed by atoms with Gasteiger partial charge in [-0.25, -0.2) is 0 Å². The lowest BCUT2D eigenvalue weighted by atomic mass is 10.1. The second-order valence-corrected chi connectivity index (χ2v) is 6.08. The highest BCUT2D eigenvalue weighted by Crippen LogP contribution is 2.20. The molecular formula is C18H18Cl2N2O2. The molecule has 0 aliphatic carbocycles. The minimum Gasteiger partial charge on any atom is -0.348 e. The third-order valence-electron chi connectivity index (χ3n) is 3.44. The molecular weight excluding hydrogens is 347 g/mol. The van der Waals surface area contributed by atoms with Gasteiger partial charge in [0.1, 0.15) is 0 Å². The van der Waals surface area contributed by atoms with Crippen molar-refractivity contribution in [3.63, 3.8) is 0 Å². The average molecular weight is 365 g/mol. The molecule has 0 aliphatic rings. The summed E-state index contributed by atoms with van der Waals surface area (Å²) in [5, 5.41) is 6.29. The molecule has 24 heavy (non-hydrogen) atoms. The Morgan fingerprint density at radius 2 is 1.46 bits per heavy atom. The molecule has 0 saturated carbocycles. The van der Waals surface area contributed by atoms with Gasteiger partial charge >= 0.3 is 11.8 Å². The number of carbonyl (C=O) groups is 2. The van der Waals surface area contributed by atoms with Gasteiger partial charge in [0.25, 0.3) is 0 Å². The van der Waals surface area contributed by atoms with Gasteiger partial charge in [-0.05, 0) is 36.1 Å². The number of hydrogen-bond acceptors (Lipinski definition) is 2. The zero-order valence-electron chi connectivity index (χ0n) is 13.0. The maximum atomic E-state index is 11.7. The number of nitrogens with one attached hydrogen (secondary N) is 2. The van der Waals surface area contributed by atoms with Crippen LogP contribution in [0.4, 0.5) is 0 Å². The van der Waals surface area contributed by atoms with E-state index in [1.165, 1.54) is 0 Å². The van der Waals surface area contributed by atoms with Gasteiger partial charge in [0, 0.05) is 23.1 Å². The SMILES string of the molecule is O=C(NCCc1ccccc1)C(=O)NCCc1ccc(Cl)cc1Cl. The van der Waals surface area contributed by atoms with Crippen molar-refractivity contribution in [3.05, 3.63) is 69.7 Å². The molecule has 0 aromatic heterocycles. The average Bonchev–Trinajstić information content (AvgIpc) is 2.57. The van der Waals surface area contributed by atoms with Crippen LogP contribution < -0.4 is 10.6 Å². The molecule has 0 saturated heterocycles. The zero-order valence-corrected chi connectivity index (χ0v) is 14.5. The van der Waals surface area contributed by atoms with Crippen molar-refractivity contribution in [1.29, 1.82) is 0 Å². The minimum atomic E-state index is -0.645. The molecule has 0 atom stereocenters. The summed E-state index contributed by atoms with van der Waals surface area (Å²) in [5.74, 6) is -1.28. The Morgan fingerprint density at radius 3 is 2.08 bits per heavy atom. The van der Waals surface area contributed by atoms with Crippen LogP contribution >= 0.6 is 23.2 Å². The molecule has 0 unspecified atom stereocenters. The highest BCUT2D eigenvalue weighted by molar-refractivity contribution is 6.35. The van der Waals surface area contributed by atoms with Crippen molar-refractivity contribution < 1.29 is 9.59 Å². The summed E-state index contributed by atoms with van der Waals surface area (Å²) in [6.45, 7) is 0.742. The van der Waals surface area contributed by atoms with Gasteiger partial charge in [-0.15, -0.1) is 0 Å². The fourth-order valence-electron chi connectivity index (χ4n) is 2.16. The Labute approximate surface area is 151 Å². The van der Waals surface area contributed by atoms with Crippen molar-refractivity contribution in [1.82, 2.24) is 10.6 Å². The van der Waals surface area contributed by atoms with Crippen LogP contribution in [0.3, 0.4) is 0 Å². The van der Waals surface area contributed by atoms with Crippen LogP contribution in [0.25, 0.3) is 0 Å². The highest BCUT2D eigenvalue weighted by Gasteiger charge is 2.12. The van der Waals surface area contributed by atoms with E-state index in [-0.39, 0.29) is 0 Å². The summed E-state index contributed by atoms with van der Waals surface area (Å²) in [4.78, 5) is 23.5. The molecule has 2 aromatic rings. The predicted molar refractivity (Wildman–Crippen MR) is 96.3 cm³/mol. The quantitative estimate of drug-likeness (QED) is 0.774. The Morgan fingerprint density at radius 1 is 0.833 bits per heavy atom. The van der Waals surface area contributed by atoms with Crippen LogP contribution in [0.1, 0.15) is 11.1 Å². The molecule has 0 fully saturated rings. The first-order valence-corrected chi connectivity index (χ1v) is 8.36. The van der Waals surface area contributed by atoms with Crippen molar-refractivity contribution >= 4 is 35.0 Å². The third-order valence-corrected chi connectivity index (χ3v) is 4.03. The molecule has 4 nitrogen and oxygen atoms in total. The largest absolute Gasteiger partial charge is 0.348 e. The van der Waals surface area contributed by atoms with Crippen LogP contribution in [0.5, 0.6) is 0 Å². The van der Waals surface area contributed by atoms with Gasteiger partial charge < -0.3 is 10.6 Å². The Hall–Kier alpha value is -2.04. The maximum Gasteiger partial charge on any atom is 0.309 e. The van der Waals surface area contributed by atoms with Crippen LogP contribution in [-0.4, -0.2) is 24.9 Å². The van der Waals surface area contributed by atoms with E-state index in [1.807, 2.05) is 30.3 Å². The molecule has 0 heterocycles. The first kappa shape index (κ1) is 18.3. The number of amides is 2. The molecule has 6 heteroatoms. The fraction of sp³-hybridized carbons (Fsp3) is 0.222. The van der Waals surface area contributed by atoms with Gasteiger partial charge in [0.15, 0.2) is 0 Å². The molecule has 0 spiro atoms. The van der Waals surface area contributed by atoms with Crippen LogP contribution in [0.15, 0.2) is 48.5 Å². The van der Waals surface area contributed by atoms with E-state index >= 15 is 0 Å². The second kappa shape index (κ2) is 9.30. The Balaban J connectivity index is 1.69.